The molecule has 1 fully saturated rings. The summed E-state index contributed by atoms with van der Waals surface area (Å²) in [5.74, 6) is 0.248. The second-order valence-electron chi connectivity index (χ2n) is 6.30. The highest BCUT2D eigenvalue weighted by atomic mass is 32.2. The molecule has 0 bridgehead atoms. The van der Waals surface area contributed by atoms with Gasteiger partial charge in [-0.15, -0.1) is 0 Å². The van der Waals surface area contributed by atoms with E-state index in [0.29, 0.717) is 6.42 Å². The summed E-state index contributed by atoms with van der Waals surface area (Å²) < 4.78 is 23.2. The Kier molecular flexibility index (Phi) is 7.48. The molecular formula is C15H30O4S. The Morgan fingerprint density at radius 1 is 1.05 bits per heavy atom. The van der Waals surface area contributed by atoms with Crippen molar-refractivity contribution in [3.05, 3.63) is 0 Å². The van der Waals surface area contributed by atoms with E-state index in [0.717, 1.165) is 19.3 Å². The average molecular weight is 306 g/mol. The molecule has 0 aromatic heterocycles. The molecule has 4 nitrogen and oxygen atoms in total. The Morgan fingerprint density at radius 2 is 1.65 bits per heavy atom. The van der Waals surface area contributed by atoms with Crippen LogP contribution in [0.4, 0.5) is 0 Å². The van der Waals surface area contributed by atoms with E-state index in [1.807, 2.05) is 0 Å². The second-order valence-corrected chi connectivity index (χ2v) is 8.53. The molecule has 0 saturated carbocycles. The maximum Gasteiger partial charge on any atom is 0.150 e. The van der Waals surface area contributed by atoms with Gasteiger partial charge in [-0.1, -0.05) is 45.4 Å². The van der Waals surface area contributed by atoms with E-state index < -0.39 is 15.3 Å². The van der Waals surface area contributed by atoms with Crippen LogP contribution in [-0.4, -0.2) is 43.4 Å². The number of sulfone groups is 1. The van der Waals surface area contributed by atoms with Crippen molar-refractivity contribution in [1.82, 2.24) is 0 Å². The van der Waals surface area contributed by atoms with Gasteiger partial charge in [-0.3, -0.25) is 0 Å². The molecule has 5 heteroatoms. The second kappa shape index (κ2) is 8.35. The van der Waals surface area contributed by atoms with Gasteiger partial charge in [0.2, 0.25) is 0 Å². The molecule has 0 amide bonds. The van der Waals surface area contributed by atoms with Gasteiger partial charge in [0.25, 0.3) is 0 Å². The zero-order valence-corrected chi connectivity index (χ0v) is 13.5. The first kappa shape index (κ1) is 17.9. The van der Waals surface area contributed by atoms with Crippen molar-refractivity contribution in [1.29, 1.82) is 0 Å². The van der Waals surface area contributed by atoms with Crippen LogP contribution in [0.1, 0.15) is 58.3 Å². The fraction of sp³-hybridized carbons (Fsp3) is 1.00. The molecule has 120 valence electrons. The molecule has 1 aliphatic heterocycles. The fourth-order valence-corrected chi connectivity index (χ4v) is 5.15. The summed E-state index contributed by atoms with van der Waals surface area (Å²) >= 11 is 0. The predicted octanol–water partition coefficient (Wildman–Crippen LogP) is 2.14. The minimum atomic E-state index is -2.96. The molecule has 2 N–H and O–H groups in total. The number of hydrogen-bond donors (Lipinski definition) is 2. The van der Waals surface area contributed by atoms with Gasteiger partial charge in [0, 0.05) is 5.41 Å². The molecule has 20 heavy (non-hydrogen) atoms. The molecule has 0 spiro atoms. The molecule has 1 unspecified atom stereocenters. The quantitative estimate of drug-likeness (QED) is 0.606. The van der Waals surface area contributed by atoms with Crippen molar-refractivity contribution < 1.29 is 18.6 Å². The highest BCUT2D eigenvalue weighted by Crippen LogP contribution is 2.39. The molecule has 1 saturated heterocycles. The molecule has 1 aliphatic rings. The summed E-state index contributed by atoms with van der Waals surface area (Å²) in [4.78, 5) is 0. The van der Waals surface area contributed by atoms with Crippen LogP contribution >= 0.6 is 0 Å². The Labute approximate surface area is 123 Å². The number of aliphatic hydroxyl groups excluding tert-OH is 2. The summed E-state index contributed by atoms with van der Waals surface area (Å²) in [5.41, 5.74) is -0.603. The lowest BCUT2D eigenvalue weighted by molar-refractivity contribution is 0.00310. The Bertz CT molecular complexity index is 360. The van der Waals surface area contributed by atoms with E-state index in [-0.39, 0.29) is 30.6 Å². The van der Waals surface area contributed by atoms with Crippen molar-refractivity contribution >= 4 is 9.84 Å². The smallest absolute Gasteiger partial charge is 0.150 e. The lowest BCUT2D eigenvalue weighted by atomic mass is 9.72. The van der Waals surface area contributed by atoms with Gasteiger partial charge in [-0.25, -0.2) is 8.42 Å². The first-order chi connectivity index (χ1) is 9.49. The van der Waals surface area contributed by atoms with Gasteiger partial charge >= 0.3 is 0 Å². The van der Waals surface area contributed by atoms with Gasteiger partial charge in [-0.05, 0) is 18.8 Å². The standard InChI is InChI=1S/C15H30O4S/c1-2-3-4-5-6-7-9-15(12-16,13-17)14-8-10-20(18,19)11-14/h14,16-17H,2-13H2,1H3. The minimum Gasteiger partial charge on any atom is -0.396 e. The minimum absolute atomic E-state index is 0.0851. The van der Waals surface area contributed by atoms with E-state index >= 15 is 0 Å². The SMILES string of the molecule is CCCCCCCCC(CO)(CO)C1CCS(=O)(=O)C1. The van der Waals surface area contributed by atoms with Gasteiger partial charge in [0.1, 0.15) is 0 Å². The molecule has 0 radical (unpaired) electrons. The summed E-state index contributed by atoms with van der Waals surface area (Å²) in [6.07, 6.45) is 8.26. The zero-order chi connectivity index (χ0) is 15.1. The number of aliphatic hydroxyl groups is 2. The zero-order valence-electron chi connectivity index (χ0n) is 12.7. The molecule has 0 aliphatic carbocycles. The Balaban J connectivity index is 2.46. The summed E-state index contributed by atoms with van der Waals surface area (Å²) in [6, 6.07) is 0. The van der Waals surface area contributed by atoms with Gasteiger partial charge in [0.05, 0.1) is 24.7 Å². The van der Waals surface area contributed by atoms with Crippen LogP contribution in [0.2, 0.25) is 0 Å². The van der Waals surface area contributed by atoms with Crippen LogP contribution in [0.25, 0.3) is 0 Å². The maximum absolute atomic E-state index is 11.6. The topological polar surface area (TPSA) is 74.6 Å². The van der Waals surface area contributed by atoms with Crippen molar-refractivity contribution in [2.24, 2.45) is 11.3 Å². The Hall–Kier alpha value is -0.130. The monoisotopic (exact) mass is 306 g/mol. The van der Waals surface area contributed by atoms with Gasteiger partial charge in [-0.2, -0.15) is 0 Å². The van der Waals surface area contributed by atoms with Crippen LogP contribution in [0.5, 0.6) is 0 Å². The average Bonchev–Trinajstić information content (AvgIpc) is 2.79. The largest absolute Gasteiger partial charge is 0.396 e. The molecular weight excluding hydrogens is 276 g/mol. The van der Waals surface area contributed by atoms with Crippen molar-refractivity contribution in [2.45, 2.75) is 58.3 Å². The highest BCUT2D eigenvalue weighted by molar-refractivity contribution is 7.91. The third-order valence-corrected chi connectivity index (χ3v) is 6.52. The Morgan fingerprint density at radius 3 is 2.15 bits per heavy atom. The lowest BCUT2D eigenvalue weighted by Crippen LogP contribution is -2.38. The van der Waals surface area contributed by atoms with E-state index in [1.165, 1.54) is 25.7 Å². The van der Waals surface area contributed by atoms with Crippen LogP contribution in [-0.2, 0) is 9.84 Å². The third kappa shape index (κ3) is 5.01. The first-order valence-corrected chi connectivity index (χ1v) is 9.74. The molecule has 1 atom stereocenters. The molecule has 0 aromatic carbocycles. The fourth-order valence-electron chi connectivity index (χ4n) is 3.21. The van der Waals surface area contributed by atoms with E-state index in [2.05, 4.69) is 6.92 Å². The van der Waals surface area contributed by atoms with Crippen molar-refractivity contribution in [3.8, 4) is 0 Å². The maximum atomic E-state index is 11.6. The normalized spacial score (nSPS) is 22.2. The van der Waals surface area contributed by atoms with Gasteiger partial charge < -0.3 is 10.2 Å². The van der Waals surface area contributed by atoms with Crippen LogP contribution in [0, 0.1) is 11.3 Å². The number of hydrogen-bond acceptors (Lipinski definition) is 4. The summed E-state index contributed by atoms with van der Waals surface area (Å²) in [6.45, 7) is 1.96. The third-order valence-electron chi connectivity index (χ3n) is 4.76. The molecule has 1 rings (SSSR count). The summed E-state index contributed by atoms with van der Waals surface area (Å²) in [5, 5.41) is 19.4. The highest BCUT2D eigenvalue weighted by Gasteiger charge is 2.43. The van der Waals surface area contributed by atoms with E-state index in [1.54, 1.807) is 0 Å². The van der Waals surface area contributed by atoms with E-state index in [4.69, 9.17) is 0 Å². The van der Waals surface area contributed by atoms with Gasteiger partial charge in [0.15, 0.2) is 9.84 Å². The van der Waals surface area contributed by atoms with E-state index in [9.17, 15) is 18.6 Å². The predicted molar refractivity (Wildman–Crippen MR) is 81.4 cm³/mol. The van der Waals surface area contributed by atoms with Crippen LogP contribution in [0.15, 0.2) is 0 Å². The molecule has 1 heterocycles. The van der Waals surface area contributed by atoms with Crippen LogP contribution < -0.4 is 0 Å². The van der Waals surface area contributed by atoms with Crippen molar-refractivity contribution in [2.75, 3.05) is 24.7 Å². The first-order valence-electron chi connectivity index (χ1n) is 7.92. The summed E-state index contributed by atoms with van der Waals surface area (Å²) in [7, 11) is -2.96. The van der Waals surface area contributed by atoms with Crippen molar-refractivity contribution in [3.63, 3.8) is 0 Å². The lowest BCUT2D eigenvalue weighted by Gasteiger charge is -2.35. The number of rotatable bonds is 10. The van der Waals surface area contributed by atoms with Crippen LogP contribution in [0.3, 0.4) is 0 Å². The molecule has 0 aromatic rings. The number of unbranched alkanes of at least 4 members (excludes halogenated alkanes) is 5.